The van der Waals surface area contributed by atoms with E-state index in [1.54, 1.807) is 23.6 Å². The van der Waals surface area contributed by atoms with Crippen LogP contribution in [0.15, 0.2) is 11.6 Å². The molecule has 1 rings (SSSR count). The number of carbonyl (C=O) groups excluding carboxylic acids is 2. The van der Waals surface area contributed by atoms with E-state index in [0.717, 1.165) is 6.42 Å². The Labute approximate surface area is 141 Å². The maximum Gasteiger partial charge on any atom is 0.250 e. The van der Waals surface area contributed by atoms with Gasteiger partial charge in [0.2, 0.25) is 5.91 Å². The van der Waals surface area contributed by atoms with Gasteiger partial charge < -0.3 is 9.80 Å². The Morgan fingerprint density at radius 2 is 1.91 bits per heavy atom. The molecule has 1 heterocycles. The molecule has 0 aliphatic carbocycles. The van der Waals surface area contributed by atoms with Gasteiger partial charge in [0.05, 0.1) is 30.9 Å². The van der Waals surface area contributed by atoms with Crippen molar-refractivity contribution in [2.45, 2.75) is 39.2 Å². The molecule has 1 unspecified atom stereocenters. The van der Waals surface area contributed by atoms with Gasteiger partial charge in [-0.3, -0.25) is 9.59 Å². The molecule has 0 N–H and O–H groups in total. The van der Waals surface area contributed by atoms with Gasteiger partial charge in [-0.25, -0.2) is 0 Å². The summed E-state index contributed by atoms with van der Waals surface area (Å²) >= 11 is 1.55. The average Bonchev–Trinajstić information content (AvgIpc) is 3.03. The van der Waals surface area contributed by atoms with Gasteiger partial charge in [0.1, 0.15) is 6.04 Å². The van der Waals surface area contributed by atoms with Gasteiger partial charge in [0.25, 0.3) is 5.91 Å². The Kier molecular flexibility index (Phi) is 8.21. The molecule has 1 fully saturated rings. The van der Waals surface area contributed by atoms with Gasteiger partial charge in [0.15, 0.2) is 0 Å². The first-order valence-corrected chi connectivity index (χ1v) is 8.80. The summed E-state index contributed by atoms with van der Waals surface area (Å²) in [4.78, 5) is 28.3. The number of rotatable bonds is 7. The molecule has 1 aliphatic heterocycles. The highest BCUT2D eigenvalue weighted by atomic mass is 32.2. The lowest BCUT2D eigenvalue weighted by Crippen LogP contribution is -2.49. The topological polar surface area (TPSA) is 88.2 Å². The molecular formula is C16H22N4O2S. The fourth-order valence-electron chi connectivity index (χ4n) is 2.38. The van der Waals surface area contributed by atoms with E-state index in [-0.39, 0.29) is 24.7 Å². The van der Waals surface area contributed by atoms with E-state index in [9.17, 15) is 9.59 Å². The third-order valence-electron chi connectivity index (χ3n) is 3.57. The number of carbonyl (C=O) groups is 2. The van der Waals surface area contributed by atoms with Crippen molar-refractivity contribution in [3.05, 3.63) is 11.6 Å². The Hall–Kier alpha value is -1.99. The Morgan fingerprint density at radius 3 is 2.43 bits per heavy atom. The zero-order valence-electron chi connectivity index (χ0n) is 13.6. The lowest BCUT2D eigenvalue weighted by atomic mass is 10.1. The summed E-state index contributed by atoms with van der Waals surface area (Å²) in [6.07, 6.45) is 3.07. The summed E-state index contributed by atoms with van der Waals surface area (Å²) in [6.45, 7) is 4.32. The van der Waals surface area contributed by atoms with Crippen LogP contribution in [0.3, 0.4) is 0 Å². The van der Waals surface area contributed by atoms with Gasteiger partial charge in [-0.2, -0.15) is 10.5 Å². The fourth-order valence-corrected chi connectivity index (χ4v) is 3.53. The van der Waals surface area contributed by atoms with E-state index in [1.807, 2.05) is 25.1 Å². The van der Waals surface area contributed by atoms with Crippen LogP contribution in [0.25, 0.3) is 0 Å². The maximum atomic E-state index is 12.7. The van der Waals surface area contributed by atoms with Crippen LogP contribution in [0.5, 0.6) is 0 Å². The first kappa shape index (κ1) is 19.1. The zero-order valence-corrected chi connectivity index (χ0v) is 14.4. The minimum absolute atomic E-state index is 0.115. The summed E-state index contributed by atoms with van der Waals surface area (Å²) in [5, 5.41) is 17.5. The number of hydrogen-bond acceptors (Lipinski definition) is 5. The fraction of sp³-hybridized carbons (Fsp3) is 0.625. The van der Waals surface area contributed by atoms with Gasteiger partial charge in [-0.05, 0) is 13.3 Å². The third kappa shape index (κ3) is 5.30. The summed E-state index contributed by atoms with van der Waals surface area (Å²) in [7, 11) is 0. The normalized spacial score (nSPS) is 17.5. The molecule has 0 saturated carbocycles. The Balaban J connectivity index is 2.85. The highest BCUT2D eigenvalue weighted by molar-refractivity contribution is 7.99. The van der Waals surface area contributed by atoms with E-state index in [1.165, 1.54) is 4.90 Å². The van der Waals surface area contributed by atoms with Crippen LogP contribution >= 0.6 is 11.8 Å². The van der Waals surface area contributed by atoms with Crippen molar-refractivity contribution in [2.24, 2.45) is 0 Å². The summed E-state index contributed by atoms with van der Waals surface area (Å²) < 4.78 is 0. The van der Waals surface area contributed by atoms with Crippen molar-refractivity contribution < 1.29 is 9.59 Å². The molecule has 7 heteroatoms. The van der Waals surface area contributed by atoms with E-state index >= 15 is 0 Å². The van der Waals surface area contributed by atoms with Crippen LogP contribution in [0.1, 0.15) is 33.1 Å². The van der Waals surface area contributed by atoms with E-state index in [4.69, 9.17) is 10.5 Å². The molecule has 1 aliphatic rings. The zero-order chi connectivity index (χ0) is 17.2. The minimum atomic E-state index is -0.509. The molecule has 23 heavy (non-hydrogen) atoms. The molecule has 6 nitrogen and oxygen atoms in total. The predicted octanol–water partition coefficient (Wildman–Crippen LogP) is 1.90. The highest BCUT2D eigenvalue weighted by Crippen LogP contribution is 2.24. The third-order valence-corrected chi connectivity index (χ3v) is 4.59. The lowest BCUT2D eigenvalue weighted by molar-refractivity contribution is -0.141. The Bertz CT molecular complexity index is 529. The van der Waals surface area contributed by atoms with Crippen molar-refractivity contribution in [1.29, 1.82) is 10.5 Å². The van der Waals surface area contributed by atoms with Crippen molar-refractivity contribution in [1.82, 2.24) is 9.80 Å². The molecule has 0 aromatic carbocycles. The Morgan fingerprint density at radius 1 is 1.30 bits per heavy atom. The number of thioether (sulfide) groups is 1. The first-order valence-electron chi connectivity index (χ1n) is 7.64. The molecular weight excluding hydrogens is 312 g/mol. The van der Waals surface area contributed by atoms with E-state index in [0.29, 0.717) is 30.3 Å². The number of amides is 2. The average molecular weight is 334 g/mol. The van der Waals surface area contributed by atoms with E-state index < -0.39 is 6.04 Å². The monoisotopic (exact) mass is 334 g/mol. The number of allylic oxidation sites excluding steroid dienone is 1. The second kappa shape index (κ2) is 9.91. The van der Waals surface area contributed by atoms with Crippen LogP contribution < -0.4 is 0 Å². The number of hydrogen-bond donors (Lipinski definition) is 0. The van der Waals surface area contributed by atoms with Crippen molar-refractivity contribution in [3.63, 3.8) is 0 Å². The van der Waals surface area contributed by atoms with Gasteiger partial charge >= 0.3 is 0 Å². The molecule has 1 atom stereocenters. The lowest BCUT2D eigenvalue weighted by Gasteiger charge is -2.29. The van der Waals surface area contributed by atoms with Crippen LogP contribution in [0.2, 0.25) is 0 Å². The SMILES string of the molecule is CCC=C(C)C(=O)N1CSCC1C(=O)N(CCC#N)CCC#N. The summed E-state index contributed by atoms with van der Waals surface area (Å²) in [5.74, 6) is 0.766. The predicted molar refractivity (Wildman–Crippen MR) is 89.0 cm³/mol. The van der Waals surface area contributed by atoms with Crippen LogP contribution in [-0.4, -0.2) is 52.4 Å². The number of nitriles is 2. The molecule has 0 bridgehead atoms. The van der Waals surface area contributed by atoms with Crippen molar-refractivity contribution in [3.8, 4) is 12.1 Å². The maximum absolute atomic E-state index is 12.7. The summed E-state index contributed by atoms with van der Waals surface area (Å²) in [6, 6.07) is 3.53. The standard InChI is InChI=1S/C16H22N4O2S/c1-3-6-13(2)15(21)20-12-23-11-14(20)16(22)19(9-4-7-17)10-5-8-18/h6,14H,3-5,9-12H2,1-2H3. The molecule has 0 aromatic rings. The van der Waals surface area contributed by atoms with Crippen molar-refractivity contribution >= 4 is 23.6 Å². The van der Waals surface area contributed by atoms with Crippen LogP contribution in [0, 0.1) is 22.7 Å². The van der Waals surface area contributed by atoms with Crippen LogP contribution in [-0.2, 0) is 9.59 Å². The second-order valence-corrected chi connectivity index (χ2v) is 6.23. The first-order chi connectivity index (χ1) is 11.1. The summed E-state index contributed by atoms with van der Waals surface area (Å²) in [5.41, 5.74) is 0.647. The second-order valence-electron chi connectivity index (χ2n) is 5.23. The molecule has 0 radical (unpaired) electrons. The molecule has 1 saturated heterocycles. The molecule has 124 valence electrons. The smallest absolute Gasteiger partial charge is 0.250 e. The molecule has 2 amide bonds. The number of nitrogens with zero attached hydrogens (tertiary/aromatic N) is 4. The molecule has 0 spiro atoms. The molecule has 0 aromatic heterocycles. The van der Waals surface area contributed by atoms with Crippen LogP contribution in [0.4, 0.5) is 0 Å². The van der Waals surface area contributed by atoms with Gasteiger partial charge in [-0.1, -0.05) is 13.0 Å². The van der Waals surface area contributed by atoms with Crippen molar-refractivity contribution in [2.75, 3.05) is 24.7 Å². The highest BCUT2D eigenvalue weighted by Gasteiger charge is 2.37. The van der Waals surface area contributed by atoms with Gasteiger partial charge in [-0.15, -0.1) is 11.8 Å². The van der Waals surface area contributed by atoms with E-state index in [2.05, 4.69) is 0 Å². The van der Waals surface area contributed by atoms with Gasteiger partial charge in [0, 0.05) is 24.4 Å². The largest absolute Gasteiger partial charge is 0.339 e. The quantitative estimate of drug-likeness (QED) is 0.664. The minimum Gasteiger partial charge on any atom is -0.339 e.